The number of unbranched alkanes of at least 4 members (excludes halogenated alkanes) is 31. The molecule has 0 saturated carbocycles. The van der Waals surface area contributed by atoms with Gasteiger partial charge in [0, 0.05) is 19.3 Å². The Hall–Kier alpha value is -2.63. The summed E-state index contributed by atoms with van der Waals surface area (Å²) < 4.78 is 16.8. The number of hydrogen-bond acceptors (Lipinski definition) is 6. The minimum atomic E-state index is -0.780. The van der Waals surface area contributed by atoms with E-state index in [1.807, 2.05) is 18.2 Å². The molecule has 6 nitrogen and oxygen atoms in total. The van der Waals surface area contributed by atoms with Crippen molar-refractivity contribution in [2.45, 2.75) is 271 Å². The zero-order valence-electron chi connectivity index (χ0n) is 40.4. The van der Waals surface area contributed by atoms with E-state index in [-0.39, 0.29) is 31.1 Å². The molecule has 1 atom stereocenters. The molecule has 354 valence electrons. The van der Waals surface area contributed by atoms with Gasteiger partial charge in [0.2, 0.25) is 0 Å². The van der Waals surface area contributed by atoms with Crippen molar-refractivity contribution in [1.29, 1.82) is 0 Å². The smallest absolute Gasteiger partial charge is 0.306 e. The third-order valence-corrected chi connectivity index (χ3v) is 11.4. The van der Waals surface area contributed by atoms with Gasteiger partial charge in [-0.15, -0.1) is 0 Å². The van der Waals surface area contributed by atoms with Crippen LogP contribution in [0.2, 0.25) is 0 Å². The molecule has 1 unspecified atom stereocenters. The van der Waals surface area contributed by atoms with E-state index in [1.165, 1.54) is 141 Å². The molecule has 0 spiro atoms. The highest BCUT2D eigenvalue weighted by molar-refractivity contribution is 5.71. The van der Waals surface area contributed by atoms with Gasteiger partial charge in [0.25, 0.3) is 0 Å². The standard InChI is InChI=1S/C55H98O6/c1-4-7-10-13-16-19-22-24-26-27-28-30-31-33-36-39-42-45-48-54(57)60-51-52(50-59-53(56)47-44-41-38-35-21-18-15-12-9-6-3)61-55(58)49-46-43-40-37-34-32-29-25-23-20-17-14-11-8-5-2/h8,11,14,17,20,23,25,29,52H,4-7,9-10,12-13,15-16,18-19,21-22,24,26-28,30-51H2,1-3H3/b11-8-,17-14-,23-20-,29-25-. The van der Waals surface area contributed by atoms with Crippen LogP contribution in [0, 0.1) is 0 Å². The summed E-state index contributed by atoms with van der Waals surface area (Å²) in [6.45, 7) is 6.49. The second-order valence-corrected chi connectivity index (χ2v) is 17.5. The first-order chi connectivity index (χ1) is 30.0. The lowest BCUT2D eigenvalue weighted by Gasteiger charge is -2.18. The SMILES string of the molecule is CC\C=C/C=C\C=C/C=C\CCCCCCCC(=O)OC(COC(=O)CCCCCCCCCCCC)COC(=O)CCCCCCCCCCCCCCCCCCCC. The number of allylic oxidation sites excluding steroid dienone is 8. The fourth-order valence-corrected chi connectivity index (χ4v) is 7.51. The van der Waals surface area contributed by atoms with Gasteiger partial charge < -0.3 is 14.2 Å². The summed E-state index contributed by atoms with van der Waals surface area (Å²) in [4.78, 5) is 37.9. The van der Waals surface area contributed by atoms with Crippen LogP contribution in [-0.4, -0.2) is 37.2 Å². The van der Waals surface area contributed by atoms with E-state index in [9.17, 15) is 14.4 Å². The predicted octanol–water partition coefficient (Wildman–Crippen LogP) is 17.1. The van der Waals surface area contributed by atoms with Gasteiger partial charge in [0.05, 0.1) is 0 Å². The molecule has 0 aliphatic rings. The van der Waals surface area contributed by atoms with Gasteiger partial charge in [0.15, 0.2) is 6.10 Å². The Morgan fingerprint density at radius 1 is 0.344 bits per heavy atom. The molecular formula is C55H98O6. The molecule has 0 saturated heterocycles. The van der Waals surface area contributed by atoms with Crippen molar-refractivity contribution in [1.82, 2.24) is 0 Å². The third-order valence-electron chi connectivity index (χ3n) is 11.4. The molecule has 0 aliphatic heterocycles. The number of esters is 3. The molecule has 0 radical (unpaired) electrons. The van der Waals surface area contributed by atoms with Crippen LogP contribution in [0.25, 0.3) is 0 Å². The van der Waals surface area contributed by atoms with Crippen LogP contribution in [0.5, 0.6) is 0 Å². The van der Waals surface area contributed by atoms with Crippen LogP contribution in [0.4, 0.5) is 0 Å². The molecule has 0 aliphatic carbocycles. The van der Waals surface area contributed by atoms with Gasteiger partial charge in [-0.1, -0.05) is 256 Å². The van der Waals surface area contributed by atoms with E-state index < -0.39 is 6.10 Å². The summed E-state index contributed by atoms with van der Waals surface area (Å²) in [5.74, 6) is -0.894. The highest BCUT2D eigenvalue weighted by Crippen LogP contribution is 2.16. The first-order valence-corrected chi connectivity index (χ1v) is 26.2. The zero-order valence-corrected chi connectivity index (χ0v) is 40.4. The number of carbonyl (C=O) groups is 3. The van der Waals surface area contributed by atoms with Crippen molar-refractivity contribution >= 4 is 17.9 Å². The van der Waals surface area contributed by atoms with Crippen LogP contribution in [0.1, 0.15) is 265 Å². The number of carbonyl (C=O) groups excluding carboxylic acids is 3. The summed E-state index contributed by atoms with van der Waals surface area (Å²) in [5.41, 5.74) is 0. The Kier molecular flexibility index (Phi) is 47.9. The Bertz CT molecular complexity index is 1070. The normalized spacial score (nSPS) is 12.4. The maximum absolute atomic E-state index is 12.8. The lowest BCUT2D eigenvalue weighted by molar-refractivity contribution is -0.167. The minimum absolute atomic E-state index is 0.0793. The van der Waals surface area contributed by atoms with Crippen LogP contribution in [-0.2, 0) is 28.6 Å². The van der Waals surface area contributed by atoms with Crippen molar-refractivity contribution in [3.63, 3.8) is 0 Å². The summed E-state index contributed by atoms with van der Waals surface area (Å²) in [5, 5.41) is 0. The predicted molar refractivity (Wildman–Crippen MR) is 261 cm³/mol. The summed E-state index contributed by atoms with van der Waals surface area (Å²) >= 11 is 0. The van der Waals surface area contributed by atoms with Crippen LogP contribution >= 0.6 is 0 Å². The molecule has 0 rings (SSSR count). The van der Waals surface area contributed by atoms with E-state index in [0.29, 0.717) is 19.3 Å². The van der Waals surface area contributed by atoms with Crippen molar-refractivity contribution < 1.29 is 28.6 Å². The number of rotatable bonds is 47. The second kappa shape index (κ2) is 50.0. The van der Waals surface area contributed by atoms with Crippen molar-refractivity contribution in [2.24, 2.45) is 0 Å². The quantitative estimate of drug-likeness (QED) is 0.0263. The molecule has 6 heteroatoms. The Balaban J connectivity index is 4.33. The molecule has 0 heterocycles. The largest absolute Gasteiger partial charge is 0.462 e. The van der Waals surface area contributed by atoms with Gasteiger partial charge in [-0.2, -0.15) is 0 Å². The lowest BCUT2D eigenvalue weighted by atomic mass is 10.0. The molecule has 0 N–H and O–H groups in total. The Labute approximate surface area is 378 Å². The van der Waals surface area contributed by atoms with Crippen molar-refractivity contribution in [2.75, 3.05) is 13.2 Å². The van der Waals surface area contributed by atoms with Crippen molar-refractivity contribution in [3.8, 4) is 0 Å². The maximum atomic E-state index is 12.8. The van der Waals surface area contributed by atoms with Gasteiger partial charge >= 0.3 is 17.9 Å². The average molecular weight is 855 g/mol. The lowest BCUT2D eigenvalue weighted by Crippen LogP contribution is -2.30. The molecule has 0 aromatic rings. The van der Waals surface area contributed by atoms with E-state index in [1.54, 1.807) is 0 Å². The van der Waals surface area contributed by atoms with Gasteiger partial charge in [-0.05, 0) is 38.5 Å². The second-order valence-electron chi connectivity index (χ2n) is 17.5. The zero-order chi connectivity index (χ0) is 44.4. The summed E-state index contributed by atoms with van der Waals surface area (Å²) in [6, 6.07) is 0. The van der Waals surface area contributed by atoms with Crippen LogP contribution in [0.3, 0.4) is 0 Å². The first kappa shape index (κ1) is 58.4. The fourth-order valence-electron chi connectivity index (χ4n) is 7.51. The highest BCUT2D eigenvalue weighted by atomic mass is 16.6. The van der Waals surface area contributed by atoms with Crippen molar-refractivity contribution in [3.05, 3.63) is 48.6 Å². The molecule has 0 fully saturated rings. The van der Waals surface area contributed by atoms with Gasteiger partial charge in [0.1, 0.15) is 13.2 Å². The summed E-state index contributed by atoms with van der Waals surface area (Å²) in [7, 11) is 0. The first-order valence-electron chi connectivity index (χ1n) is 26.2. The highest BCUT2D eigenvalue weighted by Gasteiger charge is 2.19. The topological polar surface area (TPSA) is 78.9 Å². The summed E-state index contributed by atoms with van der Waals surface area (Å²) in [6.07, 6.45) is 59.5. The molecule has 61 heavy (non-hydrogen) atoms. The number of hydrogen-bond donors (Lipinski definition) is 0. The van der Waals surface area contributed by atoms with Crippen LogP contribution < -0.4 is 0 Å². The Morgan fingerprint density at radius 2 is 0.639 bits per heavy atom. The van der Waals surface area contributed by atoms with E-state index >= 15 is 0 Å². The van der Waals surface area contributed by atoms with E-state index in [2.05, 4.69) is 51.2 Å². The van der Waals surface area contributed by atoms with Gasteiger partial charge in [-0.25, -0.2) is 0 Å². The average Bonchev–Trinajstić information content (AvgIpc) is 3.26. The van der Waals surface area contributed by atoms with E-state index in [0.717, 1.165) is 83.5 Å². The molecule has 0 amide bonds. The molecular weight excluding hydrogens is 757 g/mol. The monoisotopic (exact) mass is 855 g/mol. The molecule has 0 bridgehead atoms. The fraction of sp³-hybridized carbons (Fsp3) is 0.800. The maximum Gasteiger partial charge on any atom is 0.306 e. The van der Waals surface area contributed by atoms with Crippen LogP contribution in [0.15, 0.2) is 48.6 Å². The molecule has 0 aromatic carbocycles. The van der Waals surface area contributed by atoms with E-state index in [4.69, 9.17) is 14.2 Å². The van der Waals surface area contributed by atoms with Gasteiger partial charge in [-0.3, -0.25) is 14.4 Å². The minimum Gasteiger partial charge on any atom is -0.462 e. The number of ether oxygens (including phenoxy) is 3. The molecule has 0 aromatic heterocycles. The Morgan fingerprint density at radius 3 is 1.00 bits per heavy atom. The third kappa shape index (κ3) is 48.3.